The molecule has 36 heavy (non-hydrogen) atoms. The van der Waals surface area contributed by atoms with Gasteiger partial charge in [-0.1, -0.05) is 36.0 Å². The van der Waals surface area contributed by atoms with Crippen molar-refractivity contribution in [2.24, 2.45) is 0 Å². The van der Waals surface area contributed by atoms with Gasteiger partial charge in [-0.05, 0) is 36.9 Å². The molecule has 2 fully saturated rings. The van der Waals surface area contributed by atoms with Crippen molar-refractivity contribution in [3.63, 3.8) is 0 Å². The molecule has 0 bridgehead atoms. The van der Waals surface area contributed by atoms with Crippen molar-refractivity contribution in [1.82, 2.24) is 25.0 Å². The fourth-order valence-electron chi connectivity index (χ4n) is 3.46. The summed E-state index contributed by atoms with van der Waals surface area (Å²) in [5.74, 6) is -2.11. The van der Waals surface area contributed by atoms with Crippen LogP contribution in [0, 0.1) is 12.7 Å². The molecule has 0 saturated heterocycles. The number of benzene rings is 1. The first-order valence-electron chi connectivity index (χ1n) is 18.1. The molecule has 0 unspecified atom stereocenters. The number of aliphatic hydroxyl groups excluding tert-OH is 1. The zero-order valence-corrected chi connectivity index (χ0v) is 19.7. The van der Waals surface area contributed by atoms with Crippen LogP contribution in [0.25, 0.3) is 11.2 Å². The van der Waals surface area contributed by atoms with Crippen LogP contribution in [0.15, 0.2) is 23.3 Å². The number of fused-ring (bicyclic) bond motifs is 1. The molecule has 194 valence electrons. The number of ether oxygens (including phenoxy) is 1. The van der Waals surface area contributed by atoms with E-state index in [0.29, 0.717) is 0 Å². The Morgan fingerprint density at radius 3 is 3.00 bits per heavy atom. The number of rotatable bonds is 10. The third-order valence-electron chi connectivity index (χ3n) is 5.31. The number of aromatic nitrogens is 5. The molecule has 6 atom stereocenters. The highest BCUT2D eigenvalue weighted by atomic mass is 32.2. The Bertz CT molecular complexity index is 1890. The number of nitrogens with zero attached hydrogens (tertiary/aromatic N) is 5. The number of halogens is 1. The first-order valence-corrected chi connectivity index (χ1v) is 11.4. The molecular weight excluding hydrogens is 487 g/mol. The van der Waals surface area contributed by atoms with E-state index < -0.39 is 108 Å². The van der Waals surface area contributed by atoms with E-state index in [0.717, 1.165) is 6.92 Å². The predicted octanol–water partition coefficient (Wildman–Crippen LogP) is 2.18. The Labute approximate surface area is 233 Å². The van der Waals surface area contributed by atoms with Gasteiger partial charge in [-0.25, -0.2) is 19.0 Å². The van der Waals surface area contributed by atoms with Crippen LogP contribution in [0.2, 0.25) is 0 Å². The second-order valence-electron chi connectivity index (χ2n) is 7.71. The zero-order chi connectivity index (χ0) is 38.9. The Morgan fingerprint density at radius 2 is 2.22 bits per heavy atom. The fraction of sp³-hybridized carbons (Fsp3) is 0.583. The second kappa shape index (κ2) is 10.5. The van der Waals surface area contributed by atoms with Crippen LogP contribution >= 0.6 is 11.8 Å². The van der Waals surface area contributed by atoms with Crippen LogP contribution in [0.4, 0.5) is 10.2 Å². The van der Waals surface area contributed by atoms with Crippen molar-refractivity contribution in [1.29, 1.82) is 0 Å². The molecule has 2 saturated carbocycles. The normalized spacial score (nSPS) is 44.4. The van der Waals surface area contributed by atoms with Crippen LogP contribution in [-0.4, -0.2) is 83.4 Å². The van der Waals surface area contributed by atoms with Gasteiger partial charge >= 0.3 is 0 Å². The topological polar surface area (TPSA) is 138 Å². The van der Waals surface area contributed by atoms with Crippen molar-refractivity contribution < 1.29 is 45.0 Å². The first-order chi connectivity index (χ1) is 23.0. The van der Waals surface area contributed by atoms with Crippen LogP contribution in [0.1, 0.15) is 69.7 Å². The molecule has 3 aromatic rings. The van der Waals surface area contributed by atoms with Gasteiger partial charge < -0.3 is 25.4 Å². The number of aliphatic hydroxyl groups is 3. The quantitative estimate of drug-likeness (QED) is 0.227. The third kappa shape index (κ3) is 4.92. The monoisotopic (exact) mass is 533 g/mol. The lowest BCUT2D eigenvalue weighted by atomic mass is 10.1. The van der Waals surface area contributed by atoms with Crippen molar-refractivity contribution in [2.75, 3.05) is 24.2 Å². The summed E-state index contributed by atoms with van der Waals surface area (Å²) in [7, 11) is 0. The highest BCUT2D eigenvalue weighted by molar-refractivity contribution is 7.99. The Kier molecular flexibility index (Phi) is 3.78. The van der Waals surface area contributed by atoms with Gasteiger partial charge in [0, 0.05) is 32.3 Å². The molecule has 0 amide bonds. The largest absolute Gasteiger partial charge is 0.394 e. The molecule has 2 heterocycles. The molecule has 0 radical (unpaired) electrons. The average molecular weight is 534 g/mol. The van der Waals surface area contributed by atoms with E-state index in [1.54, 1.807) is 0 Å². The molecule has 2 aromatic heterocycles. The molecule has 2 aliphatic rings. The Hall–Kier alpha value is -2.38. The lowest BCUT2D eigenvalue weighted by Crippen LogP contribution is -2.33. The summed E-state index contributed by atoms with van der Waals surface area (Å²) in [6.45, 7) is -2.74. The fourth-order valence-corrected chi connectivity index (χ4v) is 3.92. The number of hydrogen-bond acceptors (Lipinski definition) is 10. The van der Waals surface area contributed by atoms with Gasteiger partial charge in [0.1, 0.15) is 18.0 Å². The summed E-state index contributed by atoms with van der Waals surface area (Å²) in [6.07, 6.45) is -18.9. The van der Waals surface area contributed by atoms with Crippen LogP contribution in [-0.2, 0) is 4.74 Å². The molecule has 4 N–H and O–H groups in total. The molecular formula is C24H31FN6O4S. The van der Waals surface area contributed by atoms with E-state index in [2.05, 4.69) is 30.3 Å². The van der Waals surface area contributed by atoms with E-state index in [1.165, 1.54) is 6.92 Å². The minimum absolute atomic E-state index is 0.0754. The molecule has 5 rings (SSSR count). The molecule has 10 nitrogen and oxygen atoms in total. The Balaban J connectivity index is 1.70. The van der Waals surface area contributed by atoms with Crippen LogP contribution in [0.3, 0.4) is 0 Å². The standard InChI is InChI=1S/C24H31FN6O4S/c1-3-8-36-24-27-22(26-16-10-14(16)13-5-4-12(2)15(25)9-13)19-23(28-24)31(30-29-19)17-11-18(35-7-6-32)21(34)20(17)33/h4-5,9,14,16-18,20-21,32-34H,3,6-8,10-11H2,1-2H3,(H,26,27,28)/t14-,16+,17+,18-,20-,21+/m0/s1/i3D2,4D,5D,7D2,8D2,9D,11D2,17D,18D,20D,21D. The number of anilines is 1. The summed E-state index contributed by atoms with van der Waals surface area (Å²) in [4.78, 5) is 8.21. The van der Waals surface area contributed by atoms with Crippen molar-refractivity contribution >= 4 is 28.7 Å². The lowest BCUT2D eigenvalue weighted by molar-refractivity contribution is -0.0629. The van der Waals surface area contributed by atoms with E-state index in [1.807, 2.05) is 0 Å². The molecule has 0 spiro atoms. The SMILES string of the molecule is [2H]c1c([2H])c([C@@H]2C[C@H]2Nc2nc(SC([2H])([2H])C([2H])([2H])C)nc3c2nnn3[C@]2([2H])C([2H])([2H])[C@]([2H])(OC([2H])([2H])CO)[C@@]([2H])(O)[C@@]2([2H])O)c([2H])c(F)c1C. The smallest absolute Gasteiger partial charge is 0.191 e. The van der Waals surface area contributed by atoms with E-state index in [9.17, 15) is 19.7 Å². The van der Waals surface area contributed by atoms with Gasteiger partial charge in [-0.3, -0.25) is 0 Å². The van der Waals surface area contributed by atoms with Gasteiger partial charge in [-0.2, -0.15) is 0 Å². The molecule has 1 aromatic carbocycles. The van der Waals surface area contributed by atoms with Crippen LogP contribution in [0.5, 0.6) is 0 Å². The van der Waals surface area contributed by atoms with E-state index in [-0.39, 0.29) is 39.8 Å². The second-order valence-corrected chi connectivity index (χ2v) is 8.48. The predicted molar refractivity (Wildman–Crippen MR) is 133 cm³/mol. The minimum atomic E-state index is -4.21. The minimum Gasteiger partial charge on any atom is -0.394 e. The maximum absolute atomic E-state index is 14.7. The maximum atomic E-state index is 14.7. The summed E-state index contributed by atoms with van der Waals surface area (Å²) in [6, 6.07) is -6.08. The number of thioether (sulfide) groups is 1. The highest BCUT2D eigenvalue weighted by Gasteiger charge is 2.45. The van der Waals surface area contributed by atoms with Crippen LogP contribution < -0.4 is 5.32 Å². The molecule has 0 aliphatic heterocycles. The zero-order valence-electron chi connectivity index (χ0n) is 33.8. The third-order valence-corrected chi connectivity index (χ3v) is 5.98. The summed E-state index contributed by atoms with van der Waals surface area (Å²) in [5.41, 5.74) is -4.36. The van der Waals surface area contributed by atoms with Gasteiger partial charge in [0.05, 0.1) is 37.6 Å². The number of nitrogens with one attached hydrogen (secondary N) is 1. The number of hydrogen-bond donors (Lipinski definition) is 4. The van der Waals surface area contributed by atoms with E-state index in [4.69, 9.17) is 20.6 Å². The van der Waals surface area contributed by atoms with Crippen molar-refractivity contribution in [3.8, 4) is 0 Å². The molecule has 2 aliphatic carbocycles. The van der Waals surface area contributed by atoms with Gasteiger partial charge in [0.15, 0.2) is 22.1 Å². The lowest BCUT2D eigenvalue weighted by Gasteiger charge is -2.17. The van der Waals surface area contributed by atoms with Gasteiger partial charge in [0.2, 0.25) is 0 Å². The van der Waals surface area contributed by atoms with Crippen molar-refractivity contribution in [3.05, 3.63) is 35.1 Å². The first kappa shape index (κ1) is 12.9. The van der Waals surface area contributed by atoms with Gasteiger partial charge in [-0.15, -0.1) is 5.10 Å². The summed E-state index contributed by atoms with van der Waals surface area (Å²) < 4.78 is 144. The summed E-state index contributed by atoms with van der Waals surface area (Å²) in [5, 5.41) is 41.3. The molecule has 12 heteroatoms. The summed E-state index contributed by atoms with van der Waals surface area (Å²) >= 11 is 0.104. The highest BCUT2D eigenvalue weighted by Crippen LogP contribution is 2.44. The average Bonchev–Trinajstić information content (AvgIpc) is 3.60. The van der Waals surface area contributed by atoms with E-state index >= 15 is 0 Å². The maximum Gasteiger partial charge on any atom is 0.191 e. The van der Waals surface area contributed by atoms with Crippen molar-refractivity contribution in [2.45, 2.75) is 74.4 Å². The Morgan fingerprint density at radius 1 is 1.39 bits per heavy atom. The van der Waals surface area contributed by atoms with Gasteiger partial charge in [0.25, 0.3) is 0 Å².